The Kier molecular flexibility index (Phi) is 4.31. The lowest BCUT2D eigenvalue weighted by Crippen LogP contribution is -2.39. The van der Waals surface area contributed by atoms with Gasteiger partial charge in [-0.3, -0.25) is 0 Å². The third kappa shape index (κ3) is 3.49. The van der Waals surface area contributed by atoms with Crippen LogP contribution >= 0.6 is 22.6 Å². The molecule has 1 aliphatic heterocycles. The van der Waals surface area contributed by atoms with E-state index in [0.29, 0.717) is 13.1 Å². The Bertz CT molecular complexity index is 776. The van der Waals surface area contributed by atoms with Crippen LogP contribution in [-0.4, -0.2) is 44.6 Å². The highest BCUT2D eigenvalue weighted by molar-refractivity contribution is 14.1. The summed E-state index contributed by atoms with van der Waals surface area (Å²) in [6.07, 6.45) is 6.05. The fourth-order valence-electron chi connectivity index (χ4n) is 2.55. The Morgan fingerprint density at radius 3 is 2.83 bits per heavy atom. The van der Waals surface area contributed by atoms with Crippen molar-refractivity contribution in [1.82, 2.24) is 19.9 Å². The second kappa shape index (κ2) is 6.10. The van der Waals surface area contributed by atoms with Crippen molar-refractivity contribution in [2.24, 2.45) is 0 Å². The third-order valence-corrected chi connectivity index (χ3v) is 4.44. The number of amides is 1. The molecule has 1 amide bonds. The van der Waals surface area contributed by atoms with Crippen LogP contribution in [0.3, 0.4) is 0 Å². The summed E-state index contributed by atoms with van der Waals surface area (Å²) in [6.45, 7) is 6.80. The SMILES string of the molecule is CC(C)(C)OC(=O)N1CC=C(c2ncnc3[nH]cc(I)c23)CC1. The summed E-state index contributed by atoms with van der Waals surface area (Å²) in [4.78, 5) is 25.7. The smallest absolute Gasteiger partial charge is 0.410 e. The normalized spacial score (nSPS) is 15.7. The average molecular weight is 426 g/mol. The number of rotatable bonds is 1. The molecule has 6 nitrogen and oxygen atoms in total. The maximum Gasteiger partial charge on any atom is 0.410 e. The lowest BCUT2D eigenvalue weighted by Gasteiger charge is -2.29. The molecule has 0 saturated heterocycles. The van der Waals surface area contributed by atoms with Gasteiger partial charge in [0.05, 0.1) is 11.1 Å². The lowest BCUT2D eigenvalue weighted by molar-refractivity contribution is 0.0270. The standard InChI is InChI=1S/C16H19IN4O2/c1-16(2,3)23-15(22)21-6-4-10(5-7-21)13-12-11(17)8-18-14(12)20-9-19-13/h4,8-9H,5-7H2,1-3H3,(H,18,19,20). The van der Waals surface area contributed by atoms with Gasteiger partial charge in [-0.15, -0.1) is 0 Å². The van der Waals surface area contributed by atoms with Crippen molar-refractivity contribution in [2.45, 2.75) is 32.8 Å². The molecule has 122 valence electrons. The zero-order valence-corrected chi connectivity index (χ0v) is 15.5. The van der Waals surface area contributed by atoms with E-state index >= 15 is 0 Å². The van der Waals surface area contributed by atoms with Gasteiger partial charge in [0, 0.05) is 22.9 Å². The number of hydrogen-bond donors (Lipinski definition) is 1. The molecule has 0 unspecified atom stereocenters. The molecule has 0 aromatic carbocycles. The molecule has 0 bridgehead atoms. The monoisotopic (exact) mass is 426 g/mol. The van der Waals surface area contributed by atoms with Crippen molar-refractivity contribution in [3.8, 4) is 0 Å². The van der Waals surface area contributed by atoms with Gasteiger partial charge in [-0.1, -0.05) is 6.08 Å². The summed E-state index contributed by atoms with van der Waals surface area (Å²) in [5.74, 6) is 0. The van der Waals surface area contributed by atoms with Crippen LogP contribution in [0.1, 0.15) is 32.9 Å². The van der Waals surface area contributed by atoms with Crippen molar-refractivity contribution in [1.29, 1.82) is 0 Å². The predicted octanol–water partition coefficient (Wildman–Crippen LogP) is 3.59. The molecule has 23 heavy (non-hydrogen) atoms. The van der Waals surface area contributed by atoms with Gasteiger partial charge < -0.3 is 14.6 Å². The van der Waals surface area contributed by atoms with Crippen LogP contribution in [0.15, 0.2) is 18.6 Å². The second-order valence-electron chi connectivity index (χ2n) is 6.49. The number of carbonyl (C=O) groups excluding carboxylic acids is 1. The first-order chi connectivity index (χ1) is 10.8. The van der Waals surface area contributed by atoms with E-state index in [-0.39, 0.29) is 6.09 Å². The molecule has 3 heterocycles. The van der Waals surface area contributed by atoms with Gasteiger partial charge in [0.25, 0.3) is 0 Å². The number of aromatic nitrogens is 3. The predicted molar refractivity (Wildman–Crippen MR) is 97.0 cm³/mol. The minimum atomic E-state index is -0.471. The fourth-order valence-corrected chi connectivity index (χ4v) is 3.21. The summed E-state index contributed by atoms with van der Waals surface area (Å²) >= 11 is 2.28. The van der Waals surface area contributed by atoms with E-state index in [2.05, 4.69) is 43.6 Å². The van der Waals surface area contributed by atoms with Gasteiger partial charge in [0.2, 0.25) is 0 Å². The quantitative estimate of drug-likeness (QED) is 0.708. The van der Waals surface area contributed by atoms with Crippen molar-refractivity contribution in [2.75, 3.05) is 13.1 Å². The zero-order valence-electron chi connectivity index (χ0n) is 13.4. The van der Waals surface area contributed by atoms with E-state index in [4.69, 9.17) is 4.74 Å². The highest BCUT2D eigenvalue weighted by atomic mass is 127. The number of carbonyl (C=O) groups is 1. The Balaban J connectivity index is 1.81. The number of ether oxygens (including phenoxy) is 1. The minimum Gasteiger partial charge on any atom is -0.444 e. The number of nitrogens with zero attached hydrogens (tertiary/aromatic N) is 3. The summed E-state index contributed by atoms with van der Waals surface area (Å²) in [5, 5.41) is 1.05. The largest absolute Gasteiger partial charge is 0.444 e. The summed E-state index contributed by atoms with van der Waals surface area (Å²) in [7, 11) is 0. The molecule has 2 aromatic rings. The van der Waals surface area contributed by atoms with E-state index in [9.17, 15) is 4.79 Å². The number of nitrogens with one attached hydrogen (secondary N) is 1. The van der Waals surface area contributed by atoms with E-state index in [1.54, 1.807) is 11.2 Å². The van der Waals surface area contributed by atoms with Crippen LogP contribution in [0.4, 0.5) is 4.79 Å². The van der Waals surface area contributed by atoms with Gasteiger partial charge >= 0.3 is 6.09 Å². The molecule has 2 aromatic heterocycles. The highest BCUT2D eigenvalue weighted by Crippen LogP contribution is 2.29. The number of fused-ring (bicyclic) bond motifs is 1. The Labute approximate surface area is 148 Å². The molecule has 0 atom stereocenters. The zero-order chi connectivity index (χ0) is 16.6. The van der Waals surface area contributed by atoms with Crippen LogP contribution in [-0.2, 0) is 4.74 Å². The Hall–Kier alpha value is -1.64. The molecule has 0 radical (unpaired) electrons. The third-order valence-electron chi connectivity index (χ3n) is 3.59. The first-order valence-corrected chi connectivity index (χ1v) is 8.58. The fraction of sp³-hybridized carbons (Fsp3) is 0.438. The Morgan fingerprint density at radius 2 is 2.17 bits per heavy atom. The van der Waals surface area contributed by atoms with Gasteiger partial charge in [-0.2, -0.15) is 0 Å². The number of H-pyrrole nitrogens is 1. The van der Waals surface area contributed by atoms with Gasteiger partial charge in [0.1, 0.15) is 17.6 Å². The Morgan fingerprint density at radius 1 is 1.39 bits per heavy atom. The van der Waals surface area contributed by atoms with Crippen molar-refractivity contribution >= 4 is 45.3 Å². The van der Waals surface area contributed by atoms with Gasteiger partial charge in [-0.05, 0) is 55.4 Å². The molecule has 0 aliphatic carbocycles. The average Bonchev–Trinajstić information content (AvgIpc) is 2.87. The second-order valence-corrected chi connectivity index (χ2v) is 7.65. The summed E-state index contributed by atoms with van der Waals surface area (Å²) < 4.78 is 6.52. The lowest BCUT2D eigenvalue weighted by atomic mass is 10.0. The molecule has 0 saturated carbocycles. The van der Waals surface area contributed by atoms with Crippen LogP contribution in [0.2, 0.25) is 0 Å². The van der Waals surface area contributed by atoms with E-state index in [1.807, 2.05) is 27.0 Å². The van der Waals surface area contributed by atoms with Crippen molar-refractivity contribution in [3.05, 3.63) is 27.9 Å². The van der Waals surface area contributed by atoms with Gasteiger partial charge in [0.15, 0.2) is 0 Å². The maximum atomic E-state index is 12.1. The van der Waals surface area contributed by atoms with E-state index in [0.717, 1.165) is 32.3 Å². The van der Waals surface area contributed by atoms with Crippen molar-refractivity contribution < 1.29 is 9.53 Å². The van der Waals surface area contributed by atoms with Gasteiger partial charge in [-0.25, -0.2) is 14.8 Å². The molecular weight excluding hydrogens is 407 g/mol. The maximum absolute atomic E-state index is 12.1. The highest BCUT2D eigenvalue weighted by Gasteiger charge is 2.25. The van der Waals surface area contributed by atoms with Crippen molar-refractivity contribution in [3.63, 3.8) is 0 Å². The molecule has 1 N–H and O–H groups in total. The molecule has 0 spiro atoms. The van der Waals surface area contributed by atoms with Crippen LogP contribution in [0.5, 0.6) is 0 Å². The van der Waals surface area contributed by atoms with Crippen LogP contribution in [0, 0.1) is 3.57 Å². The number of halogens is 1. The van der Waals surface area contributed by atoms with E-state index < -0.39 is 5.60 Å². The minimum absolute atomic E-state index is 0.267. The number of hydrogen-bond acceptors (Lipinski definition) is 4. The molecule has 1 aliphatic rings. The molecule has 3 rings (SSSR count). The first-order valence-electron chi connectivity index (χ1n) is 7.50. The molecule has 7 heteroatoms. The van der Waals surface area contributed by atoms with Crippen LogP contribution in [0.25, 0.3) is 16.6 Å². The van der Waals surface area contributed by atoms with E-state index in [1.165, 1.54) is 0 Å². The first kappa shape index (κ1) is 16.2. The summed E-state index contributed by atoms with van der Waals surface area (Å²) in [6, 6.07) is 0. The van der Waals surface area contributed by atoms with Crippen LogP contribution < -0.4 is 0 Å². The number of aromatic amines is 1. The summed E-state index contributed by atoms with van der Waals surface area (Å²) in [5.41, 5.74) is 2.47. The molecule has 0 fully saturated rings. The topological polar surface area (TPSA) is 71.1 Å². The molecular formula is C16H19IN4O2.